The standard InChI is InChI=1S/C17H20BN3O2/c1-12-14(18-22-16(2,3)17(4,5)23-18)11-21(20-12)15-9-7-6-8-13(15)10-19/h6-9,11H,1-5H3. The molecule has 0 bridgehead atoms. The lowest BCUT2D eigenvalue weighted by Gasteiger charge is -2.32. The van der Waals surface area contributed by atoms with Crippen LogP contribution in [-0.4, -0.2) is 28.1 Å². The van der Waals surface area contributed by atoms with Crippen LogP contribution in [0.25, 0.3) is 5.69 Å². The predicted molar refractivity (Wildman–Crippen MR) is 88.7 cm³/mol. The quantitative estimate of drug-likeness (QED) is 0.799. The van der Waals surface area contributed by atoms with Crippen molar-refractivity contribution < 1.29 is 9.31 Å². The predicted octanol–water partition coefficient (Wildman–Crippen LogP) is 2.35. The zero-order chi connectivity index (χ0) is 16.8. The van der Waals surface area contributed by atoms with Crippen molar-refractivity contribution in [2.45, 2.75) is 45.8 Å². The SMILES string of the molecule is Cc1nn(-c2ccccc2C#N)cc1B1OC(C)(C)C(C)(C)O1. The van der Waals surface area contributed by atoms with Crippen LogP contribution in [0.5, 0.6) is 0 Å². The van der Waals surface area contributed by atoms with Crippen LogP contribution in [-0.2, 0) is 9.31 Å². The summed E-state index contributed by atoms with van der Waals surface area (Å²) in [5, 5.41) is 13.8. The van der Waals surface area contributed by atoms with E-state index in [1.165, 1.54) is 0 Å². The van der Waals surface area contributed by atoms with Gasteiger partial charge in [0.15, 0.2) is 0 Å². The van der Waals surface area contributed by atoms with Gasteiger partial charge in [0.25, 0.3) is 0 Å². The number of hydrogen-bond acceptors (Lipinski definition) is 4. The average Bonchev–Trinajstić information content (AvgIpc) is 2.96. The topological polar surface area (TPSA) is 60.1 Å². The third-order valence-corrected chi connectivity index (χ3v) is 4.72. The van der Waals surface area contributed by atoms with Crippen molar-refractivity contribution in [3.63, 3.8) is 0 Å². The van der Waals surface area contributed by atoms with E-state index in [-0.39, 0.29) is 0 Å². The highest BCUT2D eigenvalue weighted by molar-refractivity contribution is 6.62. The number of hydrogen-bond donors (Lipinski definition) is 0. The third kappa shape index (κ3) is 2.56. The molecule has 0 spiro atoms. The first-order chi connectivity index (χ1) is 10.7. The number of para-hydroxylation sites is 1. The third-order valence-electron chi connectivity index (χ3n) is 4.72. The summed E-state index contributed by atoms with van der Waals surface area (Å²) in [5.41, 5.74) is 2.26. The summed E-state index contributed by atoms with van der Waals surface area (Å²) in [6.45, 7) is 10.0. The van der Waals surface area contributed by atoms with E-state index in [0.29, 0.717) is 5.56 Å². The Balaban J connectivity index is 1.99. The van der Waals surface area contributed by atoms with Crippen LogP contribution in [0.4, 0.5) is 0 Å². The van der Waals surface area contributed by atoms with Crippen LogP contribution in [0.15, 0.2) is 30.5 Å². The van der Waals surface area contributed by atoms with Crippen molar-refractivity contribution in [1.29, 1.82) is 5.26 Å². The van der Waals surface area contributed by atoms with Gasteiger partial charge in [-0.3, -0.25) is 0 Å². The van der Waals surface area contributed by atoms with E-state index in [4.69, 9.17) is 9.31 Å². The Morgan fingerprint density at radius 1 is 1.13 bits per heavy atom. The molecule has 0 radical (unpaired) electrons. The van der Waals surface area contributed by atoms with Gasteiger partial charge in [-0.1, -0.05) is 12.1 Å². The second-order valence-corrected chi connectivity index (χ2v) is 6.83. The number of rotatable bonds is 2. The van der Waals surface area contributed by atoms with E-state index >= 15 is 0 Å². The molecule has 0 aliphatic carbocycles. The molecule has 1 aromatic carbocycles. The first-order valence-corrected chi connectivity index (χ1v) is 7.66. The molecule has 0 saturated carbocycles. The molecule has 1 aliphatic rings. The maximum atomic E-state index is 9.26. The Morgan fingerprint density at radius 2 is 1.74 bits per heavy atom. The fraction of sp³-hybridized carbons (Fsp3) is 0.412. The highest BCUT2D eigenvalue weighted by Gasteiger charge is 2.52. The average molecular weight is 309 g/mol. The van der Waals surface area contributed by atoms with Gasteiger partial charge in [0.1, 0.15) is 6.07 Å². The minimum atomic E-state index is -0.456. The highest BCUT2D eigenvalue weighted by Crippen LogP contribution is 2.36. The zero-order valence-electron chi connectivity index (χ0n) is 14.1. The Labute approximate surface area is 137 Å². The van der Waals surface area contributed by atoms with Crippen LogP contribution < -0.4 is 5.46 Å². The summed E-state index contributed by atoms with van der Waals surface area (Å²) >= 11 is 0. The van der Waals surface area contributed by atoms with Crippen molar-refractivity contribution in [3.8, 4) is 11.8 Å². The van der Waals surface area contributed by atoms with Gasteiger partial charge in [-0.05, 0) is 46.8 Å². The minimum absolute atomic E-state index is 0.392. The first kappa shape index (κ1) is 15.8. The number of aromatic nitrogens is 2. The Morgan fingerprint density at radius 3 is 2.35 bits per heavy atom. The van der Waals surface area contributed by atoms with E-state index in [9.17, 15) is 5.26 Å². The fourth-order valence-corrected chi connectivity index (χ4v) is 2.57. The second kappa shape index (κ2) is 5.22. The molecule has 2 heterocycles. The molecule has 1 saturated heterocycles. The van der Waals surface area contributed by atoms with E-state index in [1.54, 1.807) is 10.7 Å². The van der Waals surface area contributed by atoms with Gasteiger partial charge >= 0.3 is 7.12 Å². The number of benzene rings is 1. The maximum Gasteiger partial charge on any atom is 0.498 e. The van der Waals surface area contributed by atoms with E-state index < -0.39 is 18.3 Å². The molecular formula is C17H20BN3O2. The van der Waals surface area contributed by atoms with Gasteiger partial charge in [0, 0.05) is 11.7 Å². The molecule has 0 unspecified atom stereocenters. The maximum absolute atomic E-state index is 9.26. The van der Waals surface area contributed by atoms with Gasteiger partial charge in [0.05, 0.1) is 28.1 Å². The van der Waals surface area contributed by atoms with E-state index in [0.717, 1.165) is 16.8 Å². The zero-order valence-corrected chi connectivity index (χ0v) is 14.1. The van der Waals surface area contributed by atoms with Crippen LogP contribution >= 0.6 is 0 Å². The Hall–Kier alpha value is -2.10. The van der Waals surface area contributed by atoms with Crippen molar-refractivity contribution in [2.24, 2.45) is 0 Å². The molecule has 2 aromatic rings. The molecule has 1 aliphatic heterocycles. The second-order valence-electron chi connectivity index (χ2n) is 6.83. The smallest absolute Gasteiger partial charge is 0.399 e. The van der Waals surface area contributed by atoms with Crippen LogP contribution in [0.1, 0.15) is 39.0 Å². The number of aryl methyl sites for hydroxylation is 1. The van der Waals surface area contributed by atoms with Gasteiger partial charge in [-0.2, -0.15) is 10.4 Å². The molecule has 118 valence electrons. The lowest BCUT2D eigenvalue weighted by molar-refractivity contribution is 0.00578. The number of nitrogens with zero attached hydrogens (tertiary/aromatic N) is 3. The van der Waals surface area contributed by atoms with E-state index in [2.05, 4.69) is 11.2 Å². The molecule has 0 amide bonds. The fourth-order valence-electron chi connectivity index (χ4n) is 2.57. The Bertz CT molecular complexity index is 773. The molecule has 0 N–H and O–H groups in total. The number of nitriles is 1. The van der Waals surface area contributed by atoms with Crippen LogP contribution in [0.3, 0.4) is 0 Å². The van der Waals surface area contributed by atoms with Crippen molar-refractivity contribution in [2.75, 3.05) is 0 Å². The molecule has 1 aromatic heterocycles. The summed E-state index contributed by atoms with van der Waals surface area (Å²) in [5.74, 6) is 0. The van der Waals surface area contributed by atoms with Gasteiger partial charge in [-0.15, -0.1) is 0 Å². The molecule has 0 atom stereocenters. The largest absolute Gasteiger partial charge is 0.498 e. The first-order valence-electron chi connectivity index (χ1n) is 7.66. The van der Waals surface area contributed by atoms with Gasteiger partial charge in [0.2, 0.25) is 0 Å². The summed E-state index contributed by atoms with van der Waals surface area (Å²) in [7, 11) is -0.456. The summed E-state index contributed by atoms with van der Waals surface area (Å²) in [6.07, 6.45) is 1.88. The summed E-state index contributed by atoms with van der Waals surface area (Å²) < 4.78 is 13.9. The molecular weight excluding hydrogens is 289 g/mol. The normalized spacial score (nSPS) is 18.9. The molecule has 3 rings (SSSR count). The lowest BCUT2D eigenvalue weighted by atomic mass is 9.79. The van der Waals surface area contributed by atoms with Crippen molar-refractivity contribution >= 4 is 12.6 Å². The Kier molecular flexibility index (Phi) is 3.59. The lowest BCUT2D eigenvalue weighted by Crippen LogP contribution is -2.41. The monoisotopic (exact) mass is 309 g/mol. The van der Waals surface area contributed by atoms with Gasteiger partial charge in [-0.25, -0.2) is 4.68 Å². The van der Waals surface area contributed by atoms with Crippen molar-refractivity contribution in [3.05, 3.63) is 41.7 Å². The summed E-state index contributed by atoms with van der Waals surface area (Å²) in [6, 6.07) is 9.58. The van der Waals surface area contributed by atoms with Crippen LogP contribution in [0.2, 0.25) is 0 Å². The highest BCUT2D eigenvalue weighted by atomic mass is 16.7. The molecule has 23 heavy (non-hydrogen) atoms. The van der Waals surface area contributed by atoms with Gasteiger partial charge < -0.3 is 9.31 Å². The van der Waals surface area contributed by atoms with Crippen LogP contribution in [0, 0.1) is 18.3 Å². The minimum Gasteiger partial charge on any atom is -0.399 e. The molecule has 1 fully saturated rings. The van der Waals surface area contributed by atoms with Crippen molar-refractivity contribution in [1.82, 2.24) is 9.78 Å². The molecule has 6 heteroatoms. The molecule has 5 nitrogen and oxygen atoms in total. The summed E-state index contributed by atoms with van der Waals surface area (Å²) in [4.78, 5) is 0. The van der Waals surface area contributed by atoms with E-state index in [1.807, 2.05) is 59.0 Å².